The summed E-state index contributed by atoms with van der Waals surface area (Å²) in [7, 11) is 0. The molecule has 0 radical (unpaired) electrons. The lowest BCUT2D eigenvalue weighted by Gasteiger charge is -2.32. The van der Waals surface area contributed by atoms with Gasteiger partial charge in [-0.1, -0.05) is 63.2 Å². The van der Waals surface area contributed by atoms with Gasteiger partial charge in [0.15, 0.2) is 0 Å². The van der Waals surface area contributed by atoms with Gasteiger partial charge < -0.3 is 0 Å². The third-order valence-electron chi connectivity index (χ3n) is 7.38. The minimum Gasteiger partial charge on any atom is -0.216 e. The van der Waals surface area contributed by atoms with E-state index in [-0.39, 0.29) is 0 Å². The predicted molar refractivity (Wildman–Crippen MR) is 115 cm³/mol. The van der Waals surface area contributed by atoms with E-state index in [4.69, 9.17) is 5.26 Å². The van der Waals surface area contributed by atoms with Crippen LogP contribution in [0.3, 0.4) is 0 Å². The molecule has 2 heteroatoms. The summed E-state index contributed by atoms with van der Waals surface area (Å²) in [6, 6.07) is 10.5. The zero-order chi connectivity index (χ0) is 19.6. The van der Waals surface area contributed by atoms with Crippen LogP contribution in [0.5, 0.6) is 0 Å². The third-order valence-corrected chi connectivity index (χ3v) is 7.38. The first kappa shape index (κ1) is 21.1. The number of allylic oxidation sites excluding steroid dienone is 1. The topological polar surface area (TPSA) is 23.8 Å². The van der Waals surface area contributed by atoms with E-state index in [2.05, 4.69) is 18.2 Å². The van der Waals surface area contributed by atoms with Crippen LogP contribution in [0.4, 0.5) is 4.39 Å². The molecule has 0 spiro atoms. The van der Waals surface area contributed by atoms with E-state index >= 15 is 0 Å². The molecule has 0 aliphatic heterocycles. The first-order valence-corrected chi connectivity index (χ1v) is 11.5. The summed E-state index contributed by atoms with van der Waals surface area (Å²) in [5, 5.41) is 8.95. The van der Waals surface area contributed by atoms with Crippen LogP contribution >= 0.6 is 0 Å². The fourth-order valence-corrected chi connectivity index (χ4v) is 5.48. The molecule has 0 bridgehead atoms. The Labute approximate surface area is 171 Å². The van der Waals surface area contributed by atoms with E-state index in [9.17, 15) is 4.39 Å². The van der Waals surface area contributed by atoms with Gasteiger partial charge >= 0.3 is 0 Å². The van der Waals surface area contributed by atoms with Crippen LogP contribution in [0.2, 0.25) is 0 Å². The second-order valence-electron chi connectivity index (χ2n) is 9.21. The number of nitriles is 1. The van der Waals surface area contributed by atoms with E-state index in [1.54, 1.807) is 6.08 Å². The number of hydrogen-bond acceptors (Lipinski definition) is 1. The molecule has 28 heavy (non-hydrogen) atoms. The largest absolute Gasteiger partial charge is 0.216 e. The fourth-order valence-electron chi connectivity index (χ4n) is 5.48. The van der Waals surface area contributed by atoms with E-state index in [1.807, 2.05) is 12.1 Å². The fraction of sp³-hybridized carbons (Fsp3) is 0.654. The highest BCUT2D eigenvalue weighted by Crippen LogP contribution is 2.40. The Bertz CT molecular complexity index is 625. The zero-order valence-corrected chi connectivity index (χ0v) is 17.3. The van der Waals surface area contributed by atoms with Crippen molar-refractivity contribution in [3.8, 4) is 6.07 Å². The Morgan fingerprint density at radius 3 is 1.89 bits per heavy atom. The maximum Gasteiger partial charge on any atom is 0.0991 e. The number of hydrogen-bond donors (Lipinski definition) is 0. The summed E-state index contributed by atoms with van der Waals surface area (Å²) in [5.41, 5.74) is 2.20. The molecule has 0 amide bonds. The normalized spacial score (nSPS) is 28.3. The molecule has 2 aliphatic rings. The first-order valence-electron chi connectivity index (χ1n) is 11.5. The van der Waals surface area contributed by atoms with Crippen LogP contribution in [0.25, 0.3) is 0 Å². The highest BCUT2D eigenvalue weighted by Gasteiger charge is 2.25. The van der Waals surface area contributed by atoms with Gasteiger partial charge in [0.1, 0.15) is 0 Å². The van der Waals surface area contributed by atoms with Gasteiger partial charge in [-0.25, -0.2) is 4.39 Å². The minimum atomic E-state index is 0.689. The maximum atomic E-state index is 12.0. The molecule has 0 heterocycles. The Kier molecular flexibility index (Phi) is 8.59. The molecule has 2 saturated carbocycles. The molecule has 2 fully saturated rings. The van der Waals surface area contributed by atoms with Gasteiger partial charge in [0, 0.05) is 0 Å². The molecule has 0 saturated heterocycles. The van der Waals surface area contributed by atoms with Crippen molar-refractivity contribution in [1.82, 2.24) is 0 Å². The molecule has 1 nitrogen and oxygen atoms in total. The first-order chi connectivity index (χ1) is 13.8. The van der Waals surface area contributed by atoms with Crippen LogP contribution in [0.1, 0.15) is 101 Å². The number of unbranched alkanes of at least 4 members (excludes halogenated alkanes) is 1. The average molecular weight is 382 g/mol. The molecule has 152 valence electrons. The Hall–Kier alpha value is -1.62. The van der Waals surface area contributed by atoms with E-state index in [0.717, 1.165) is 36.2 Å². The van der Waals surface area contributed by atoms with Gasteiger partial charge in [0.2, 0.25) is 0 Å². The van der Waals surface area contributed by atoms with Crippen molar-refractivity contribution in [1.29, 1.82) is 5.26 Å². The number of benzene rings is 1. The third kappa shape index (κ3) is 6.47. The average Bonchev–Trinajstić information content (AvgIpc) is 2.76. The van der Waals surface area contributed by atoms with Crippen LogP contribution in [0.15, 0.2) is 36.7 Å². The van der Waals surface area contributed by atoms with Crippen molar-refractivity contribution < 1.29 is 4.39 Å². The molecule has 0 N–H and O–H groups in total. The zero-order valence-electron chi connectivity index (χ0n) is 17.3. The summed E-state index contributed by atoms with van der Waals surface area (Å²) in [5.74, 6) is 3.48. The number of nitrogens with zero attached hydrogens (tertiary/aromatic N) is 1. The van der Waals surface area contributed by atoms with Gasteiger partial charge in [-0.15, -0.1) is 0 Å². The summed E-state index contributed by atoms with van der Waals surface area (Å²) >= 11 is 0. The molecular formula is C26H36FN. The molecule has 0 unspecified atom stereocenters. The van der Waals surface area contributed by atoms with Crippen molar-refractivity contribution in [3.63, 3.8) is 0 Å². The van der Waals surface area contributed by atoms with Crippen LogP contribution < -0.4 is 0 Å². The lowest BCUT2D eigenvalue weighted by Crippen LogP contribution is -2.17. The summed E-state index contributed by atoms with van der Waals surface area (Å²) in [6.07, 6.45) is 19.6. The Morgan fingerprint density at radius 1 is 0.821 bits per heavy atom. The highest BCUT2D eigenvalue weighted by molar-refractivity contribution is 5.33. The monoisotopic (exact) mass is 381 g/mol. The predicted octanol–water partition coefficient (Wildman–Crippen LogP) is 8.07. The summed E-state index contributed by atoms with van der Waals surface area (Å²) in [6.45, 7) is 0. The van der Waals surface area contributed by atoms with Crippen molar-refractivity contribution in [3.05, 3.63) is 47.8 Å². The van der Waals surface area contributed by atoms with Crippen molar-refractivity contribution in [2.24, 2.45) is 17.8 Å². The number of halogens is 1. The quantitative estimate of drug-likeness (QED) is 0.418. The van der Waals surface area contributed by atoms with Gasteiger partial charge in [-0.2, -0.15) is 5.26 Å². The van der Waals surface area contributed by atoms with Crippen LogP contribution in [0, 0.1) is 29.1 Å². The molecule has 3 rings (SSSR count). The van der Waals surface area contributed by atoms with Crippen LogP contribution in [-0.2, 0) is 0 Å². The lowest BCUT2D eigenvalue weighted by atomic mass is 9.74. The van der Waals surface area contributed by atoms with E-state index in [1.165, 1.54) is 76.2 Å². The molecule has 1 aromatic rings. The van der Waals surface area contributed by atoms with Crippen molar-refractivity contribution in [2.45, 2.75) is 89.4 Å². The van der Waals surface area contributed by atoms with Gasteiger partial charge in [0.05, 0.1) is 18.0 Å². The summed E-state index contributed by atoms with van der Waals surface area (Å²) < 4.78 is 12.0. The SMILES string of the molecule is N#Cc1ccc(C2CCC(CCC3CCC(CCCC=CF)CC3)CC2)cc1. The summed E-state index contributed by atoms with van der Waals surface area (Å²) in [4.78, 5) is 0. The Balaban J connectivity index is 1.30. The molecule has 1 aromatic carbocycles. The highest BCUT2D eigenvalue weighted by atomic mass is 19.1. The van der Waals surface area contributed by atoms with Gasteiger partial charge in [-0.3, -0.25) is 0 Å². The lowest BCUT2D eigenvalue weighted by molar-refractivity contribution is 0.223. The van der Waals surface area contributed by atoms with Gasteiger partial charge in [-0.05, 0) is 79.9 Å². The Morgan fingerprint density at radius 2 is 1.36 bits per heavy atom. The maximum absolute atomic E-state index is 12.0. The number of rotatable bonds is 8. The van der Waals surface area contributed by atoms with Crippen molar-refractivity contribution >= 4 is 0 Å². The minimum absolute atomic E-state index is 0.689. The van der Waals surface area contributed by atoms with E-state index < -0.39 is 0 Å². The smallest absolute Gasteiger partial charge is 0.0991 e. The van der Waals surface area contributed by atoms with Crippen molar-refractivity contribution in [2.75, 3.05) is 0 Å². The molecule has 0 atom stereocenters. The standard InChI is InChI=1S/C26H36FN/c27-19-3-1-2-4-21-5-7-22(8-6-21)9-10-23-11-15-25(16-12-23)26-17-13-24(20-28)14-18-26/h3,13-14,17-19,21-23,25H,1-2,4-12,15-16H2. The second-order valence-corrected chi connectivity index (χ2v) is 9.21. The molecular weight excluding hydrogens is 345 g/mol. The molecule has 2 aliphatic carbocycles. The van der Waals surface area contributed by atoms with Crippen LogP contribution in [-0.4, -0.2) is 0 Å². The van der Waals surface area contributed by atoms with Gasteiger partial charge in [0.25, 0.3) is 0 Å². The van der Waals surface area contributed by atoms with E-state index in [0.29, 0.717) is 12.2 Å². The molecule has 0 aromatic heterocycles. The second kappa shape index (κ2) is 11.4.